The predicted molar refractivity (Wildman–Crippen MR) is 110 cm³/mol. The molecule has 2 aliphatic heterocycles. The van der Waals surface area contributed by atoms with Crippen LogP contribution >= 0.6 is 11.6 Å². The molecule has 0 aromatic heterocycles. The predicted octanol–water partition coefficient (Wildman–Crippen LogP) is 5.02. The van der Waals surface area contributed by atoms with Gasteiger partial charge in [0.25, 0.3) is 0 Å². The van der Waals surface area contributed by atoms with Gasteiger partial charge in [-0.1, -0.05) is 30.2 Å². The van der Waals surface area contributed by atoms with Crippen molar-refractivity contribution in [3.8, 4) is 0 Å². The average molecular weight is 421 g/mol. The number of hydrogen-bond acceptors (Lipinski definition) is 4. The second-order valence-electron chi connectivity index (χ2n) is 10.4. The molecule has 0 aromatic carbocycles. The Hall–Kier alpha value is -0.390. The van der Waals surface area contributed by atoms with Crippen LogP contribution in [0.25, 0.3) is 0 Å². The van der Waals surface area contributed by atoms with Crippen molar-refractivity contribution in [1.29, 1.82) is 0 Å². The number of hydrogen-bond donors (Lipinski definition) is 0. The van der Waals surface area contributed by atoms with Crippen LogP contribution in [0, 0.1) is 35.0 Å². The third-order valence-corrected chi connectivity index (χ3v) is 9.55. The first kappa shape index (κ1) is 19.3. The summed E-state index contributed by atoms with van der Waals surface area (Å²) in [5.41, 5.74) is 3.42. The molecule has 6 aliphatic rings. The van der Waals surface area contributed by atoms with Gasteiger partial charge in [0, 0.05) is 23.8 Å². The summed E-state index contributed by atoms with van der Waals surface area (Å²) in [6.07, 6.45) is 12.6. The smallest absolute Gasteiger partial charge is 0.188 e. The highest BCUT2D eigenvalue weighted by Crippen LogP contribution is 2.68. The van der Waals surface area contributed by atoms with Crippen LogP contribution in [0.4, 0.5) is 0 Å². The Morgan fingerprint density at radius 3 is 2.52 bits per heavy atom. The molecule has 29 heavy (non-hydrogen) atoms. The van der Waals surface area contributed by atoms with Gasteiger partial charge in [0.05, 0.1) is 26.4 Å². The molecule has 4 aliphatic carbocycles. The van der Waals surface area contributed by atoms with Crippen LogP contribution in [-0.2, 0) is 18.9 Å². The number of ether oxygens (including phenoxy) is 4. The van der Waals surface area contributed by atoms with E-state index in [0.717, 1.165) is 51.6 Å². The van der Waals surface area contributed by atoms with E-state index in [4.69, 9.17) is 30.5 Å². The van der Waals surface area contributed by atoms with E-state index in [0.29, 0.717) is 23.7 Å². The summed E-state index contributed by atoms with van der Waals surface area (Å²) in [4.78, 5) is 0. The minimum atomic E-state index is -0.428. The molecule has 4 nitrogen and oxygen atoms in total. The Labute approximate surface area is 178 Å². The first-order chi connectivity index (χ1) is 14.1. The lowest BCUT2D eigenvalue weighted by molar-refractivity contribution is -0.246. The SMILES string of the molecule is C[C@]12C[C@H](C=CCl)[C@H]3[C@@H](CCC4=CC5(CC[C@@H]43)OCCO5)[C@@H]1CCC21OCCO1. The zero-order valence-electron chi connectivity index (χ0n) is 17.4. The lowest BCUT2D eigenvalue weighted by Gasteiger charge is -2.58. The van der Waals surface area contributed by atoms with Crippen molar-refractivity contribution in [2.45, 2.75) is 63.4 Å². The van der Waals surface area contributed by atoms with Gasteiger partial charge in [-0.05, 0) is 67.8 Å². The zero-order valence-corrected chi connectivity index (χ0v) is 18.2. The van der Waals surface area contributed by atoms with E-state index in [1.54, 1.807) is 11.1 Å². The van der Waals surface area contributed by atoms with Gasteiger partial charge >= 0.3 is 0 Å². The van der Waals surface area contributed by atoms with Crippen molar-refractivity contribution in [3.63, 3.8) is 0 Å². The average Bonchev–Trinajstić information content (AvgIpc) is 3.44. The molecule has 0 aromatic rings. The van der Waals surface area contributed by atoms with Crippen LogP contribution in [0.2, 0.25) is 0 Å². The van der Waals surface area contributed by atoms with Crippen molar-refractivity contribution in [3.05, 3.63) is 23.3 Å². The molecule has 0 radical (unpaired) electrons. The fraction of sp³-hybridized carbons (Fsp3) is 0.833. The molecule has 160 valence electrons. The maximum Gasteiger partial charge on any atom is 0.188 e. The van der Waals surface area contributed by atoms with Crippen molar-refractivity contribution in [1.82, 2.24) is 0 Å². The zero-order chi connectivity index (χ0) is 19.7. The van der Waals surface area contributed by atoms with Gasteiger partial charge in [0.1, 0.15) is 0 Å². The number of fused-ring (bicyclic) bond motifs is 6. The molecule has 5 heteroatoms. The van der Waals surface area contributed by atoms with E-state index in [1.165, 1.54) is 25.7 Å². The van der Waals surface area contributed by atoms with E-state index < -0.39 is 5.79 Å². The first-order valence-corrected chi connectivity index (χ1v) is 12.1. The summed E-state index contributed by atoms with van der Waals surface area (Å²) in [6, 6.07) is 0. The van der Waals surface area contributed by atoms with Crippen molar-refractivity contribution >= 4 is 11.6 Å². The molecule has 6 rings (SSSR count). The van der Waals surface area contributed by atoms with E-state index in [1.807, 2.05) is 0 Å². The second-order valence-corrected chi connectivity index (χ2v) is 10.6. The fourth-order valence-electron chi connectivity index (χ4n) is 8.38. The number of allylic oxidation sites excluding steroid dienone is 2. The summed E-state index contributed by atoms with van der Waals surface area (Å²) in [5.74, 6) is 2.40. The van der Waals surface area contributed by atoms with Crippen molar-refractivity contribution in [2.24, 2.45) is 35.0 Å². The second kappa shape index (κ2) is 6.80. The molecule has 6 atom stereocenters. The molecule has 0 unspecified atom stereocenters. The minimum absolute atomic E-state index is 0.0838. The van der Waals surface area contributed by atoms with Gasteiger partial charge in [-0.15, -0.1) is 0 Å². The van der Waals surface area contributed by atoms with Crippen LogP contribution in [0.1, 0.15) is 51.9 Å². The first-order valence-electron chi connectivity index (χ1n) is 11.6. The molecule has 0 amide bonds. The third kappa shape index (κ3) is 2.65. The fourth-order valence-corrected chi connectivity index (χ4v) is 8.57. The molecular weight excluding hydrogens is 388 g/mol. The van der Waals surface area contributed by atoms with Gasteiger partial charge in [-0.25, -0.2) is 0 Å². The number of halogens is 1. The molecule has 2 spiro atoms. The maximum atomic E-state index is 6.33. The Bertz CT molecular complexity index is 720. The Morgan fingerprint density at radius 1 is 1.00 bits per heavy atom. The normalized spacial score (nSPS) is 47.4. The molecule has 3 saturated carbocycles. The monoisotopic (exact) mass is 420 g/mol. The Morgan fingerprint density at radius 2 is 1.76 bits per heavy atom. The van der Waals surface area contributed by atoms with Crippen molar-refractivity contribution < 1.29 is 18.9 Å². The molecule has 2 saturated heterocycles. The topological polar surface area (TPSA) is 36.9 Å². The quantitative estimate of drug-likeness (QED) is 0.558. The minimum Gasteiger partial charge on any atom is -0.347 e. The van der Waals surface area contributed by atoms with Gasteiger partial charge in [0.15, 0.2) is 11.6 Å². The van der Waals surface area contributed by atoms with Crippen LogP contribution in [0.15, 0.2) is 23.3 Å². The van der Waals surface area contributed by atoms with E-state index in [-0.39, 0.29) is 11.2 Å². The van der Waals surface area contributed by atoms with Crippen LogP contribution in [-0.4, -0.2) is 38.0 Å². The van der Waals surface area contributed by atoms with Gasteiger partial charge in [-0.3, -0.25) is 0 Å². The van der Waals surface area contributed by atoms with Gasteiger partial charge in [-0.2, -0.15) is 0 Å². The van der Waals surface area contributed by atoms with E-state index in [2.05, 4.69) is 19.1 Å². The summed E-state index contributed by atoms with van der Waals surface area (Å²) >= 11 is 6.18. The molecule has 0 bridgehead atoms. The highest BCUT2D eigenvalue weighted by molar-refractivity contribution is 6.25. The van der Waals surface area contributed by atoms with Crippen LogP contribution < -0.4 is 0 Å². The molecule has 0 N–H and O–H groups in total. The number of rotatable bonds is 1. The lowest BCUT2D eigenvalue weighted by atomic mass is 9.48. The summed E-state index contributed by atoms with van der Waals surface area (Å²) in [5, 5.41) is 0. The van der Waals surface area contributed by atoms with Gasteiger partial charge < -0.3 is 18.9 Å². The molecule has 2 heterocycles. The largest absolute Gasteiger partial charge is 0.347 e. The Balaban J connectivity index is 1.36. The van der Waals surface area contributed by atoms with Crippen molar-refractivity contribution in [2.75, 3.05) is 26.4 Å². The van der Waals surface area contributed by atoms with Gasteiger partial charge in [0.2, 0.25) is 0 Å². The highest BCUT2D eigenvalue weighted by Gasteiger charge is 2.67. The highest BCUT2D eigenvalue weighted by atomic mass is 35.5. The van der Waals surface area contributed by atoms with E-state index >= 15 is 0 Å². The lowest BCUT2D eigenvalue weighted by Crippen LogP contribution is -2.56. The van der Waals surface area contributed by atoms with Crippen LogP contribution in [0.5, 0.6) is 0 Å². The summed E-state index contributed by atoms with van der Waals surface area (Å²) < 4.78 is 24.7. The third-order valence-electron chi connectivity index (χ3n) is 9.40. The molecule has 5 fully saturated rings. The summed E-state index contributed by atoms with van der Waals surface area (Å²) in [7, 11) is 0. The molecular formula is C24H33ClO4. The standard InChI is InChI=1S/C24H33ClO4/c1-22-14-17(6-9-25)21-18-4-7-23(26-10-11-27-23)15-16(18)2-3-19(21)20(22)5-8-24(22)28-12-13-29-24/h6,9,15,17-21H,2-5,7-8,10-14H2,1H3/t17-,18-,19-,20-,21+,22-/m0/s1. The Kier molecular flexibility index (Phi) is 4.53. The van der Waals surface area contributed by atoms with E-state index in [9.17, 15) is 0 Å². The maximum absolute atomic E-state index is 6.33. The summed E-state index contributed by atoms with van der Waals surface area (Å²) in [6.45, 7) is 5.37. The van der Waals surface area contributed by atoms with Crippen LogP contribution in [0.3, 0.4) is 0 Å².